The molecule has 0 radical (unpaired) electrons. The lowest BCUT2D eigenvalue weighted by atomic mass is 10.2. The van der Waals surface area contributed by atoms with Gasteiger partial charge in [-0.25, -0.2) is 0 Å². The van der Waals surface area contributed by atoms with Crippen LogP contribution in [0.15, 0.2) is 40.2 Å². The molecule has 0 aliphatic heterocycles. The van der Waals surface area contributed by atoms with Gasteiger partial charge in [-0.2, -0.15) is 4.98 Å². The summed E-state index contributed by atoms with van der Waals surface area (Å²) in [4.78, 5) is 5.06. The minimum Gasteiger partial charge on any atom is -0.333 e. The molecular formula is C14H8Cl2N2OS. The molecule has 20 heavy (non-hydrogen) atoms. The van der Waals surface area contributed by atoms with Gasteiger partial charge in [0, 0.05) is 5.02 Å². The minimum atomic E-state index is 0.431. The Morgan fingerprint density at radius 2 is 1.85 bits per heavy atom. The molecule has 2 aromatic heterocycles. The Bertz CT molecular complexity index is 747. The number of thiophene rings is 1. The van der Waals surface area contributed by atoms with Crippen LogP contribution in [0.4, 0.5) is 0 Å². The molecule has 100 valence electrons. The van der Waals surface area contributed by atoms with Crippen molar-refractivity contribution >= 4 is 46.7 Å². The van der Waals surface area contributed by atoms with E-state index < -0.39 is 0 Å². The highest BCUT2D eigenvalue weighted by Gasteiger charge is 2.12. The lowest BCUT2D eigenvalue weighted by molar-refractivity contribution is 0.429. The number of hydrogen-bond donors (Lipinski definition) is 0. The van der Waals surface area contributed by atoms with Gasteiger partial charge in [-0.1, -0.05) is 46.6 Å². The standard InChI is InChI=1S/C14H8Cl2N2OS/c15-10-4-1-9(2-5-10)3-6-12-17-14(19-18-12)13-11(16)7-8-20-13/h1-8H. The molecule has 0 N–H and O–H groups in total. The normalized spacial score (nSPS) is 11.3. The monoisotopic (exact) mass is 322 g/mol. The fourth-order valence-corrected chi connectivity index (χ4v) is 2.77. The Morgan fingerprint density at radius 3 is 2.55 bits per heavy atom. The van der Waals surface area contributed by atoms with Gasteiger partial charge in [0.05, 0.1) is 5.02 Å². The highest BCUT2D eigenvalue weighted by atomic mass is 35.5. The smallest absolute Gasteiger partial charge is 0.269 e. The summed E-state index contributed by atoms with van der Waals surface area (Å²) in [6.07, 6.45) is 3.67. The molecule has 0 aliphatic carbocycles. The topological polar surface area (TPSA) is 38.9 Å². The van der Waals surface area contributed by atoms with E-state index in [1.54, 1.807) is 12.1 Å². The first-order valence-electron chi connectivity index (χ1n) is 5.73. The summed E-state index contributed by atoms with van der Waals surface area (Å²) < 4.78 is 5.19. The second-order valence-corrected chi connectivity index (χ2v) is 5.70. The predicted molar refractivity (Wildman–Crippen MR) is 83.0 cm³/mol. The lowest BCUT2D eigenvalue weighted by Crippen LogP contribution is -1.76. The molecule has 0 fully saturated rings. The summed E-state index contributed by atoms with van der Waals surface area (Å²) in [7, 11) is 0. The van der Waals surface area contributed by atoms with Crippen LogP contribution >= 0.6 is 34.5 Å². The first-order valence-corrected chi connectivity index (χ1v) is 7.36. The molecule has 0 saturated heterocycles. The Balaban J connectivity index is 1.81. The van der Waals surface area contributed by atoms with Crippen molar-refractivity contribution in [2.24, 2.45) is 0 Å². The molecular weight excluding hydrogens is 315 g/mol. The first-order chi connectivity index (χ1) is 9.72. The van der Waals surface area contributed by atoms with E-state index in [2.05, 4.69) is 10.1 Å². The van der Waals surface area contributed by atoms with Crippen molar-refractivity contribution < 1.29 is 4.52 Å². The maximum atomic E-state index is 6.02. The summed E-state index contributed by atoms with van der Waals surface area (Å²) >= 11 is 13.3. The molecule has 3 aromatic rings. The van der Waals surface area contributed by atoms with Gasteiger partial charge in [-0.05, 0) is 35.2 Å². The minimum absolute atomic E-state index is 0.431. The molecule has 0 spiro atoms. The van der Waals surface area contributed by atoms with E-state index in [9.17, 15) is 0 Å². The largest absolute Gasteiger partial charge is 0.333 e. The third-order valence-electron chi connectivity index (χ3n) is 2.55. The Morgan fingerprint density at radius 1 is 1.05 bits per heavy atom. The van der Waals surface area contributed by atoms with Gasteiger partial charge in [0.2, 0.25) is 0 Å². The second-order valence-electron chi connectivity index (χ2n) is 3.94. The average molecular weight is 323 g/mol. The zero-order valence-electron chi connectivity index (χ0n) is 10.1. The number of benzene rings is 1. The Kier molecular flexibility index (Phi) is 3.87. The molecule has 0 unspecified atom stereocenters. The quantitative estimate of drug-likeness (QED) is 0.658. The van der Waals surface area contributed by atoms with E-state index in [1.807, 2.05) is 35.7 Å². The Labute approximate surface area is 129 Å². The van der Waals surface area contributed by atoms with Crippen LogP contribution in [0.2, 0.25) is 10.0 Å². The third-order valence-corrected chi connectivity index (χ3v) is 4.13. The van der Waals surface area contributed by atoms with E-state index in [0.717, 1.165) is 10.4 Å². The van der Waals surface area contributed by atoms with Crippen LogP contribution in [0.5, 0.6) is 0 Å². The van der Waals surface area contributed by atoms with Gasteiger partial charge in [-0.3, -0.25) is 0 Å². The first kappa shape index (κ1) is 13.4. The van der Waals surface area contributed by atoms with E-state index in [4.69, 9.17) is 27.7 Å². The second kappa shape index (κ2) is 5.79. The molecule has 2 heterocycles. The van der Waals surface area contributed by atoms with E-state index >= 15 is 0 Å². The maximum Gasteiger partial charge on any atom is 0.269 e. The van der Waals surface area contributed by atoms with Crippen LogP contribution in [0.25, 0.3) is 22.9 Å². The van der Waals surface area contributed by atoms with Crippen LogP contribution in [0.1, 0.15) is 11.4 Å². The maximum absolute atomic E-state index is 6.02. The van der Waals surface area contributed by atoms with Gasteiger partial charge < -0.3 is 4.52 Å². The van der Waals surface area contributed by atoms with Crippen LogP contribution in [-0.2, 0) is 0 Å². The molecule has 6 heteroatoms. The van der Waals surface area contributed by atoms with Crippen LogP contribution in [-0.4, -0.2) is 10.1 Å². The van der Waals surface area contributed by atoms with Crippen molar-refractivity contribution in [2.45, 2.75) is 0 Å². The number of halogens is 2. The number of aromatic nitrogens is 2. The van der Waals surface area contributed by atoms with Crippen LogP contribution < -0.4 is 0 Å². The van der Waals surface area contributed by atoms with Gasteiger partial charge >= 0.3 is 0 Å². The number of hydrogen-bond acceptors (Lipinski definition) is 4. The third kappa shape index (κ3) is 2.93. The predicted octanol–water partition coefficient (Wildman–Crippen LogP) is 5.28. The SMILES string of the molecule is Clc1ccc(C=Cc2noc(-c3sccc3Cl)n2)cc1. The van der Waals surface area contributed by atoms with Crippen molar-refractivity contribution in [1.82, 2.24) is 10.1 Å². The molecule has 3 rings (SSSR count). The van der Waals surface area contributed by atoms with Gasteiger partial charge in [-0.15, -0.1) is 11.3 Å². The van der Waals surface area contributed by atoms with Crippen molar-refractivity contribution in [2.75, 3.05) is 0 Å². The molecule has 0 atom stereocenters. The summed E-state index contributed by atoms with van der Waals surface area (Å²) in [6.45, 7) is 0. The molecule has 0 aliphatic rings. The zero-order valence-corrected chi connectivity index (χ0v) is 12.4. The molecule has 3 nitrogen and oxygen atoms in total. The zero-order chi connectivity index (χ0) is 13.9. The van der Waals surface area contributed by atoms with Gasteiger partial charge in [0.1, 0.15) is 4.88 Å². The average Bonchev–Trinajstić information content (AvgIpc) is 3.06. The van der Waals surface area contributed by atoms with Crippen LogP contribution in [0, 0.1) is 0 Å². The highest BCUT2D eigenvalue weighted by Crippen LogP contribution is 2.31. The fourth-order valence-electron chi connectivity index (χ4n) is 1.59. The summed E-state index contributed by atoms with van der Waals surface area (Å²) in [5, 5.41) is 7.10. The van der Waals surface area contributed by atoms with Crippen LogP contribution in [0.3, 0.4) is 0 Å². The van der Waals surface area contributed by atoms with Gasteiger partial charge in [0.25, 0.3) is 5.89 Å². The summed E-state index contributed by atoms with van der Waals surface area (Å²) in [5.41, 5.74) is 1.01. The molecule has 0 bridgehead atoms. The summed E-state index contributed by atoms with van der Waals surface area (Å²) in [5.74, 6) is 0.931. The number of nitrogens with zero attached hydrogens (tertiary/aromatic N) is 2. The Hall–Kier alpha value is -1.62. The fraction of sp³-hybridized carbons (Fsp3) is 0. The van der Waals surface area contributed by atoms with Crippen molar-refractivity contribution in [3.63, 3.8) is 0 Å². The van der Waals surface area contributed by atoms with Crippen molar-refractivity contribution in [3.8, 4) is 10.8 Å². The van der Waals surface area contributed by atoms with E-state index in [1.165, 1.54) is 11.3 Å². The van der Waals surface area contributed by atoms with Crippen molar-refractivity contribution in [3.05, 3.63) is 57.1 Å². The molecule has 1 aromatic carbocycles. The molecule has 0 saturated carbocycles. The molecule has 0 amide bonds. The van der Waals surface area contributed by atoms with E-state index in [-0.39, 0.29) is 0 Å². The van der Waals surface area contributed by atoms with Gasteiger partial charge in [0.15, 0.2) is 5.82 Å². The highest BCUT2D eigenvalue weighted by molar-refractivity contribution is 7.14. The number of rotatable bonds is 3. The van der Waals surface area contributed by atoms with Crippen molar-refractivity contribution in [1.29, 1.82) is 0 Å². The van der Waals surface area contributed by atoms with E-state index in [0.29, 0.717) is 21.8 Å². The summed E-state index contributed by atoms with van der Waals surface area (Å²) in [6, 6.07) is 9.28. The lowest BCUT2D eigenvalue weighted by Gasteiger charge is -1.91.